The van der Waals surface area contributed by atoms with Gasteiger partial charge in [0.2, 0.25) is 0 Å². The van der Waals surface area contributed by atoms with Gasteiger partial charge in [-0.15, -0.1) is 5.11 Å². The number of rotatable bonds is 2. The van der Waals surface area contributed by atoms with Crippen LogP contribution in [0.4, 0.5) is 17.1 Å². The average Bonchev–Trinajstić information content (AvgIpc) is 2.57. The highest BCUT2D eigenvalue weighted by molar-refractivity contribution is 6.02. The number of anilines is 1. The van der Waals surface area contributed by atoms with Crippen LogP contribution in [0.25, 0.3) is 10.8 Å². The van der Waals surface area contributed by atoms with Gasteiger partial charge in [0.05, 0.1) is 16.8 Å². The summed E-state index contributed by atoms with van der Waals surface area (Å²) in [5.41, 5.74) is 8.69. The second kappa shape index (κ2) is 8.67. The molecule has 126 valence electrons. The van der Waals surface area contributed by atoms with E-state index < -0.39 is 0 Å². The van der Waals surface area contributed by atoms with Crippen LogP contribution >= 0.6 is 0 Å². The maximum atomic E-state index is 10.2. The van der Waals surface area contributed by atoms with Crippen LogP contribution < -0.4 is 5.73 Å². The van der Waals surface area contributed by atoms with Crippen molar-refractivity contribution in [1.29, 1.82) is 0 Å². The van der Waals surface area contributed by atoms with E-state index in [2.05, 4.69) is 10.2 Å². The van der Waals surface area contributed by atoms with Crippen LogP contribution in [-0.4, -0.2) is 5.11 Å². The summed E-state index contributed by atoms with van der Waals surface area (Å²) in [5, 5.41) is 20.1. The second-order valence-corrected chi connectivity index (χ2v) is 4.92. The molecule has 0 radical (unpaired) electrons. The smallest absolute Gasteiger partial charge is 0.125 e. The predicted octanol–water partition coefficient (Wildman–Crippen LogP) is 6.51. The summed E-state index contributed by atoms with van der Waals surface area (Å²) in [6, 6.07) is 16.7. The lowest BCUT2D eigenvalue weighted by Gasteiger charge is -2.08. The van der Waals surface area contributed by atoms with Gasteiger partial charge in [-0.3, -0.25) is 0 Å². The summed E-state index contributed by atoms with van der Waals surface area (Å²) in [4.78, 5) is 0. The fourth-order valence-corrected chi connectivity index (χ4v) is 2.30. The number of aryl methyl sites for hydroxylation is 1. The Morgan fingerprint density at radius 2 is 1.58 bits per heavy atom. The Bertz CT molecular complexity index is 827. The number of phenolic OH excluding ortho intramolecular Hbond substituents is 1. The van der Waals surface area contributed by atoms with Crippen LogP contribution in [0.1, 0.15) is 26.8 Å². The van der Waals surface area contributed by atoms with E-state index in [1.165, 1.54) is 0 Å². The van der Waals surface area contributed by atoms with Gasteiger partial charge in [-0.25, -0.2) is 0 Å². The molecule has 0 unspecified atom stereocenters. The number of nitrogens with zero attached hydrogens (tertiary/aromatic N) is 2. The van der Waals surface area contributed by atoms with E-state index in [4.69, 9.17) is 5.73 Å². The molecule has 4 heteroatoms. The van der Waals surface area contributed by atoms with Crippen LogP contribution in [-0.2, 0) is 0 Å². The monoisotopic (exact) mass is 323 g/mol. The highest BCUT2D eigenvalue weighted by Crippen LogP contribution is 2.39. The summed E-state index contributed by atoms with van der Waals surface area (Å²) in [5.74, 6) is 0.166. The minimum Gasteiger partial charge on any atom is -0.507 e. The Morgan fingerprint density at radius 3 is 2.25 bits per heavy atom. The summed E-state index contributed by atoms with van der Waals surface area (Å²) >= 11 is 0. The summed E-state index contributed by atoms with van der Waals surface area (Å²) in [7, 11) is 0. The molecule has 4 nitrogen and oxygen atoms in total. The molecular weight excluding hydrogens is 298 g/mol. The van der Waals surface area contributed by atoms with Crippen LogP contribution in [0.15, 0.2) is 64.8 Å². The first kappa shape index (κ1) is 19.2. The first-order valence-corrected chi connectivity index (χ1v) is 7.64. The van der Waals surface area contributed by atoms with Crippen LogP contribution in [0.5, 0.6) is 5.75 Å². The zero-order valence-corrected chi connectivity index (χ0v) is 13.6. The van der Waals surface area contributed by atoms with Crippen molar-refractivity contribution in [2.24, 2.45) is 10.2 Å². The molecule has 0 aliphatic rings. The van der Waals surface area contributed by atoms with E-state index in [1.807, 2.05) is 63.2 Å². The van der Waals surface area contributed by atoms with Crippen LogP contribution in [0, 0.1) is 6.92 Å². The molecule has 24 heavy (non-hydrogen) atoms. The zero-order chi connectivity index (χ0) is 16.8. The van der Waals surface area contributed by atoms with E-state index in [0.717, 1.165) is 16.6 Å². The minimum absolute atomic E-state index is 0. The number of aromatic hydroxyl groups is 1. The van der Waals surface area contributed by atoms with Crippen molar-refractivity contribution in [3.63, 3.8) is 0 Å². The maximum Gasteiger partial charge on any atom is 0.125 e. The molecule has 0 heterocycles. The lowest BCUT2D eigenvalue weighted by Crippen LogP contribution is -1.87. The number of phenols is 1. The number of azo groups is 1. The number of hydrogen-bond donors (Lipinski definition) is 2. The third-order valence-corrected chi connectivity index (χ3v) is 3.27. The highest BCUT2D eigenvalue weighted by atomic mass is 16.3. The van der Waals surface area contributed by atoms with E-state index in [1.54, 1.807) is 12.1 Å². The van der Waals surface area contributed by atoms with Gasteiger partial charge in [0.25, 0.3) is 0 Å². The molecule has 0 saturated carbocycles. The van der Waals surface area contributed by atoms with Crippen molar-refractivity contribution in [2.45, 2.75) is 28.2 Å². The van der Waals surface area contributed by atoms with Crippen LogP contribution in [0.3, 0.4) is 0 Å². The largest absolute Gasteiger partial charge is 0.507 e. The first-order valence-electron chi connectivity index (χ1n) is 7.64. The molecule has 0 saturated heterocycles. The Morgan fingerprint density at radius 1 is 0.917 bits per heavy atom. The molecular formula is C20H25N3O. The third-order valence-electron chi connectivity index (χ3n) is 3.27. The molecule has 3 rings (SSSR count). The SMILES string of the molecule is C.CC.Cc1cc(O)c2c(N=Nc3ccccc3)c(N)ccc2c1. The highest BCUT2D eigenvalue weighted by Gasteiger charge is 2.10. The van der Waals surface area contributed by atoms with Crippen molar-refractivity contribution in [3.8, 4) is 5.75 Å². The standard InChI is InChI=1S/C17H15N3O.C2H6.CH4/c1-11-9-12-7-8-14(18)17(16(12)15(21)10-11)20-19-13-5-3-2-4-6-13;1-2;/h2-10,21H,18H2,1H3;1-2H3;1H4. The van der Waals surface area contributed by atoms with Gasteiger partial charge in [0.1, 0.15) is 11.4 Å². The Labute approximate surface area is 143 Å². The molecule has 0 aliphatic carbocycles. The summed E-state index contributed by atoms with van der Waals surface area (Å²) in [6.45, 7) is 5.93. The van der Waals surface area contributed by atoms with E-state index in [-0.39, 0.29) is 13.2 Å². The summed E-state index contributed by atoms with van der Waals surface area (Å²) < 4.78 is 0. The predicted molar refractivity (Wildman–Crippen MR) is 103 cm³/mol. The van der Waals surface area contributed by atoms with Gasteiger partial charge in [-0.2, -0.15) is 5.11 Å². The molecule has 3 aromatic rings. The van der Waals surface area contributed by atoms with Gasteiger partial charge in [-0.1, -0.05) is 51.6 Å². The van der Waals surface area contributed by atoms with Gasteiger partial charge < -0.3 is 10.8 Å². The fourth-order valence-electron chi connectivity index (χ4n) is 2.30. The molecule has 0 atom stereocenters. The lowest BCUT2D eigenvalue weighted by atomic mass is 10.0. The van der Waals surface area contributed by atoms with Gasteiger partial charge in [-0.05, 0) is 42.1 Å². The topological polar surface area (TPSA) is 71.0 Å². The molecule has 0 spiro atoms. The van der Waals surface area contributed by atoms with Crippen molar-refractivity contribution < 1.29 is 5.11 Å². The van der Waals surface area contributed by atoms with Crippen molar-refractivity contribution in [1.82, 2.24) is 0 Å². The quantitative estimate of drug-likeness (QED) is 0.416. The molecule has 3 aromatic carbocycles. The Kier molecular flexibility index (Phi) is 6.93. The molecule has 0 fully saturated rings. The minimum atomic E-state index is 0. The fraction of sp³-hybridized carbons (Fsp3) is 0.200. The van der Waals surface area contributed by atoms with Crippen molar-refractivity contribution in [2.75, 3.05) is 5.73 Å². The molecule has 0 aromatic heterocycles. The van der Waals surface area contributed by atoms with Crippen molar-refractivity contribution in [3.05, 3.63) is 60.2 Å². The zero-order valence-electron chi connectivity index (χ0n) is 13.6. The Balaban J connectivity index is 0.000000925. The third kappa shape index (κ3) is 4.10. The first-order chi connectivity index (χ1) is 11.1. The van der Waals surface area contributed by atoms with Gasteiger partial charge >= 0.3 is 0 Å². The van der Waals surface area contributed by atoms with Crippen molar-refractivity contribution >= 4 is 27.8 Å². The Hall–Kier alpha value is -2.88. The maximum absolute atomic E-state index is 10.2. The van der Waals surface area contributed by atoms with Crippen LogP contribution in [0.2, 0.25) is 0 Å². The van der Waals surface area contributed by atoms with Gasteiger partial charge in [0, 0.05) is 0 Å². The lowest BCUT2D eigenvalue weighted by molar-refractivity contribution is 0.481. The molecule has 0 bridgehead atoms. The van der Waals surface area contributed by atoms with Gasteiger partial charge in [0.15, 0.2) is 0 Å². The molecule has 0 amide bonds. The molecule has 3 N–H and O–H groups in total. The number of benzene rings is 3. The number of nitrogen functional groups attached to an aromatic ring is 1. The second-order valence-electron chi connectivity index (χ2n) is 4.92. The molecule has 0 aliphatic heterocycles. The van der Waals surface area contributed by atoms with E-state index >= 15 is 0 Å². The summed E-state index contributed by atoms with van der Waals surface area (Å²) in [6.07, 6.45) is 0. The normalized spacial score (nSPS) is 10.1. The number of hydrogen-bond acceptors (Lipinski definition) is 4. The number of fused-ring (bicyclic) bond motifs is 1. The van der Waals surface area contributed by atoms with E-state index in [9.17, 15) is 5.11 Å². The van der Waals surface area contributed by atoms with E-state index in [0.29, 0.717) is 16.8 Å². The number of nitrogens with two attached hydrogens (primary N) is 1. The average molecular weight is 323 g/mol.